The summed E-state index contributed by atoms with van der Waals surface area (Å²) < 4.78 is 0. The molecule has 4 nitrogen and oxygen atoms in total. The molecule has 1 aliphatic heterocycles. The van der Waals surface area contributed by atoms with E-state index in [1.165, 1.54) is 21.6 Å². The van der Waals surface area contributed by atoms with Crippen molar-refractivity contribution in [2.75, 3.05) is 19.6 Å². The molecule has 0 N–H and O–H groups in total. The number of thiophene rings is 1. The minimum Gasteiger partial charge on any atom is -0.333 e. The number of rotatable bonds is 6. The normalized spacial score (nSPS) is 18.6. The molecule has 1 aromatic heterocycles. The molecule has 1 aromatic carbocycles. The van der Waals surface area contributed by atoms with Gasteiger partial charge in [-0.2, -0.15) is 0 Å². The van der Waals surface area contributed by atoms with Crippen molar-refractivity contribution in [3.8, 4) is 0 Å². The first kappa shape index (κ1) is 20.1. The van der Waals surface area contributed by atoms with Gasteiger partial charge >= 0.3 is 0 Å². The summed E-state index contributed by atoms with van der Waals surface area (Å²) in [5, 5.41) is 2.13. The SMILES string of the molecule is Cc1ccccc1[C@@H]1c2ccsc2CCN1C(=O)CN(CC(C)C)C(=O)C1CC1. The summed E-state index contributed by atoms with van der Waals surface area (Å²) in [5.74, 6) is 0.707. The van der Waals surface area contributed by atoms with E-state index in [2.05, 4.69) is 44.4 Å². The summed E-state index contributed by atoms with van der Waals surface area (Å²) in [6.45, 7) is 7.86. The van der Waals surface area contributed by atoms with Crippen LogP contribution in [-0.2, 0) is 16.0 Å². The number of benzene rings is 1. The molecule has 0 spiro atoms. The average molecular weight is 411 g/mol. The van der Waals surface area contributed by atoms with Crippen LogP contribution in [0.5, 0.6) is 0 Å². The van der Waals surface area contributed by atoms with Crippen molar-refractivity contribution in [1.82, 2.24) is 9.80 Å². The molecule has 0 unspecified atom stereocenters. The number of nitrogens with zero attached hydrogens (tertiary/aromatic N) is 2. The van der Waals surface area contributed by atoms with Gasteiger partial charge < -0.3 is 9.80 Å². The molecule has 1 fully saturated rings. The van der Waals surface area contributed by atoms with Gasteiger partial charge in [0.1, 0.15) is 0 Å². The zero-order valence-corrected chi connectivity index (χ0v) is 18.4. The fourth-order valence-electron chi connectivity index (χ4n) is 4.33. The Balaban J connectivity index is 1.62. The molecular formula is C24H30N2O2S. The largest absolute Gasteiger partial charge is 0.333 e. The highest BCUT2D eigenvalue weighted by atomic mass is 32.1. The summed E-state index contributed by atoms with van der Waals surface area (Å²) in [6, 6.07) is 10.4. The summed E-state index contributed by atoms with van der Waals surface area (Å²) in [4.78, 5) is 31.5. The third-order valence-electron chi connectivity index (χ3n) is 5.92. The minimum absolute atomic E-state index is 0.0596. The maximum Gasteiger partial charge on any atom is 0.242 e. The first-order valence-corrected chi connectivity index (χ1v) is 11.5. The van der Waals surface area contributed by atoms with E-state index in [9.17, 15) is 9.59 Å². The van der Waals surface area contributed by atoms with Crippen LogP contribution < -0.4 is 0 Å². The van der Waals surface area contributed by atoms with Crippen LogP contribution in [-0.4, -0.2) is 41.2 Å². The predicted octanol–water partition coefficient (Wildman–Crippen LogP) is 4.43. The Morgan fingerprint density at radius 3 is 2.62 bits per heavy atom. The highest BCUT2D eigenvalue weighted by molar-refractivity contribution is 7.10. The van der Waals surface area contributed by atoms with Crippen molar-refractivity contribution in [1.29, 1.82) is 0 Å². The van der Waals surface area contributed by atoms with Crippen molar-refractivity contribution < 1.29 is 9.59 Å². The molecule has 2 aliphatic rings. The molecular weight excluding hydrogens is 380 g/mol. The molecule has 4 rings (SSSR count). The molecule has 5 heteroatoms. The van der Waals surface area contributed by atoms with Crippen molar-refractivity contribution >= 4 is 23.2 Å². The van der Waals surface area contributed by atoms with Crippen LogP contribution in [0.15, 0.2) is 35.7 Å². The highest BCUT2D eigenvalue weighted by Gasteiger charge is 2.37. The highest BCUT2D eigenvalue weighted by Crippen LogP contribution is 2.39. The van der Waals surface area contributed by atoms with Gasteiger partial charge in [-0.1, -0.05) is 38.1 Å². The Morgan fingerprint density at radius 2 is 1.93 bits per heavy atom. The van der Waals surface area contributed by atoms with Gasteiger partial charge in [-0.05, 0) is 60.2 Å². The molecule has 2 amide bonds. The molecule has 0 radical (unpaired) electrons. The number of carbonyl (C=O) groups is 2. The van der Waals surface area contributed by atoms with Gasteiger partial charge in [-0.3, -0.25) is 9.59 Å². The number of aryl methyl sites for hydroxylation is 1. The standard InChI is InChI=1S/C24H30N2O2S/c1-16(2)14-25(24(28)18-8-9-18)15-22(27)26-12-10-21-20(11-13-29-21)23(26)19-7-5-4-6-17(19)3/h4-7,11,13,16,18,23H,8-10,12,14-15H2,1-3H3/t23-/m1/s1. The lowest BCUT2D eigenvalue weighted by atomic mass is 9.90. The first-order valence-electron chi connectivity index (χ1n) is 10.7. The van der Waals surface area contributed by atoms with Crippen LogP contribution in [0.2, 0.25) is 0 Å². The second kappa shape index (κ2) is 8.31. The molecule has 2 aromatic rings. The van der Waals surface area contributed by atoms with Gasteiger partial charge in [-0.15, -0.1) is 11.3 Å². The van der Waals surface area contributed by atoms with Crippen molar-refractivity contribution in [3.05, 3.63) is 57.3 Å². The average Bonchev–Trinajstić information content (AvgIpc) is 3.43. The zero-order chi connectivity index (χ0) is 20.5. The van der Waals surface area contributed by atoms with Crippen LogP contribution in [0.1, 0.15) is 54.3 Å². The number of amides is 2. The van der Waals surface area contributed by atoms with Gasteiger partial charge in [-0.25, -0.2) is 0 Å². The van der Waals surface area contributed by atoms with E-state index >= 15 is 0 Å². The fourth-order valence-corrected chi connectivity index (χ4v) is 5.23. The Kier molecular flexibility index (Phi) is 5.77. The van der Waals surface area contributed by atoms with E-state index in [1.807, 2.05) is 21.9 Å². The zero-order valence-electron chi connectivity index (χ0n) is 17.6. The lowest BCUT2D eigenvalue weighted by molar-refractivity contribution is -0.142. The predicted molar refractivity (Wildman–Crippen MR) is 117 cm³/mol. The number of fused-ring (bicyclic) bond motifs is 1. The van der Waals surface area contributed by atoms with Gasteiger partial charge in [0, 0.05) is 23.9 Å². The van der Waals surface area contributed by atoms with E-state index in [-0.39, 0.29) is 30.3 Å². The van der Waals surface area contributed by atoms with Crippen molar-refractivity contribution in [2.45, 2.75) is 46.1 Å². The lowest BCUT2D eigenvalue weighted by Gasteiger charge is -2.38. The van der Waals surface area contributed by atoms with Gasteiger partial charge in [0.05, 0.1) is 12.6 Å². The van der Waals surface area contributed by atoms with E-state index < -0.39 is 0 Å². The topological polar surface area (TPSA) is 40.6 Å². The van der Waals surface area contributed by atoms with E-state index in [1.54, 1.807) is 11.3 Å². The van der Waals surface area contributed by atoms with Crippen LogP contribution in [0.4, 0.5) is 0 Å². The third kappa shape index (κ3) is 4.25. The number of carbonyl (C=O) groups excluding carboxylic acids is 2. The molecule has 29 heavy (non-hydrogen) atoms. The molecule has 1 atom stereocenters. The molecule has 0 bridgehead atoms. The third-order valence-corrected chi connectivity index (χ3v) is 6.92. The Labute approximate surface area is 177 Å². The van der Waals surface area contributed by atoms with Crippen molar-refractivity contribution in [3.63, 3.8) is 0 Å². The summed E-state index contributed by atoms with van der Waals surface area (Å²) >= 11 is 1.78. The van der Waals surface area contributed by atoms with Crippen molar-refractivity contribution in [2.24, 2.45) is 11.8 Å². The molecule has 1 aliphatic carbocycles. The maximum atomic E-state index is 13.5. The number of hydrogen-bond donors (Lipinski definition) is 0. The summed E-state index contributed by atoms with van der Waals surface area (Å²) in [7, 11) is 0. The van der Waals surface area contributed by atoms with Crippen LogP contribution in [0.25, 0.3) is 0 Å². The molecule has 0 saturated heterocycles. The summed E-state index contributed by atoms with van der Waals surface area (Å²) in [5.41, 5.74) is 3.62. The summed E-state index contributed by atoms with van der Waals surface area (Å²) in [6.07, 6.45) is 2.83. The minimum atomic E-state index is -0.0596. The van der Waals surface area contributed by atoms with E-state index in [0.717, 1.165) is 19.3 Å². The smallest absolute Gasteiger partial charge is 0.242 e. The van der Waals surface area contributed by atoms with Crippen LogP contribution in [0.3, 0.4) is 0 Å². The van der Waals surface area contributed by atoms with Gasteiger partial charge in [0.15, 0.2) is 0 Å². The second-order valence-corrected chi connectivity index (χ2v) is 9.78. The van der Waals surface area contributed by atoms with Gasteiger partial charge in [0.2, 0.25) is 11.8 Å². The van der Waals surface area contributed by atoms with E-state index in [4.69, 9.17) is 0 Å². The molecule has 154 valence electrons. The Bertz CT molecular complexity index is 900. The lowest BCUT2D eigenvalue weighted by Crippen LogP contribution is -2.48. The van der Waals surface area contributed by atoms with E-state index in [0.29, 0.717) is 19.0 Å². The Morgan fingerprint density at radius 1 is 1.17 bits per heavy atom. The van der Waals surface area contributed by atoms with Crippen LogP contribution >= 0.6 is 11.3 Å². The Hall–Kier alpha value is -2.14. The van der Waals surface area contributed by atoms with Crippen LogP contribution in [0, 0.1) is 18.8 Å². The second-order valence-electron chi connectivity index (χ2n) is 8.78. The fraction of sp³-hybridized carbons (Fsp3) is 0.500. The molecule has 1 saturated carbocycles. The number of hydrogen-bond acceptors (Lipinski definition) is 3. The molecule has 2 heterocycles. The quantitative estimate of drug-likeness (QED) is 0.707. The first-order chi connectivity index (χ1) is 14.0. The maximum absolute atomic E-state index is 13.5. The monoisotopic (exact) mass is 410 g/mol. The van der Waals surface area contributed by atoms with Gasteiger partial charge in [0.25, 0.3) is 0 Å².